The highest BCUT2D eigenvalue weighted by Gasteiger charge is 2.61. The van der Waals surface area contributed by atoms with Crippen LogP contribution in [0.15, 0.2) is 0 Å². The lowest BCUT2D eigenvalue weighted by Gasteiger charge is -2.61. The van der Waals surface area contributed by atoms with E-state index >= 15 is 0 Å². The van der Waals surface area contributed by atoms with Gasteiger partial charge in [0.1, 0.15) is 0 Å². The molecular formula is C27H51F3O2. The molecule has 32 heavy (non-hydrogen) atoms. The predicted molar refractivity (Wildman–Crippen MR) is 127 cm³/mol. The summed E-state index contributed by atoms with van der Waals surface area (Å²) in [5.74, 6) is 3.22. The molecule has 0 radical (unpaired) electrons. The number of alkyl halides is 3. The van der Waals surface area contributed by atoms with Gasteiger partial charge in [0.15, 0.2) is 0 Å². The molecule has 4 fully saturated rings. The molecule has 0 heterocycles. The van der Waals surface area contributed by atoms with E-state index in [-0.39, 0.29) is 10.9 Å². The van der Waals surface area contributed by atoms with Crippen molar-refractivity contribution in [2.45, 2.75) is 112 Å². The van der Waals surface area contributed by atoms with E-state index in [9.17, 15) is 13.2 Å². The average molecular weight is 465 g/mol. The molecule has 2 nitrogen and oxygen atoms in total. The maximum absolute atomic E-state index is 13.3. The minimum absolute atomic E-state index is 0. The van der Waals surface area contributed by atoms with Gasteiger partial charge in [-0.05, 0) is 104 Å². The summed E-state index contributed by atoms with van der Waals surface area (Å²) in [5, 5.41) is 7.00. The largest absolute Gasteiger partial charge is 0.412 e. The lowest BCUT2D eigenvalue weighted by molar-refractivity contribution is -0.208. The number of fused-ring (bicyclic) bond motifs is 5. The second kappa shape index (κ2) is 11.4. The molecule has 4 saturated carbocycles. The van der Waals surface area contributed by atoms with Crippen LogP contribution in [-0.2, 0) is 0 Å². The third-order valence-electron chi connectivity index (χ3n) is 10.5. The molecule has 0 spiro atoms. The van der Waals surface area contributed by atoms with Crippen LogP contribution in [0.3, 0.4) is 0 Å². The SMILES string of the molecule is CC.CCC(C)C1CCC2C3CCC4CC(C(F)(F)F)CCC4(C)C3CCC12C.CO.O. The van der Waals surface area contributed by atoms with Crippen LogP contribution < -0.4 is 0 Å². The second-order valence-electron chi connectivity index (χ2n) is 11.3. The van der Waals surface area contributed by atoms with Crippen molar-refractivity contribution in [3.05, 3.63) is 0 Å². The zero-order chi connectivity index (χ0) is 23.6. The van der Waals surface area contributed by atoms with Crippen LogP contribution in [0.1, 0.15) is 106 Å². The van der Waals surface area contributed by atoms with Gasteiger partial charge < -0.3 is 10.6 Å². The van der Waals surface area contributed by atoms with E-state index in [0.717, 1.165) is 43.6 Å². The molecule has 0 aromatic rings. The molecule has 9 unspecified atom stereocenters. The Bertz CT molecular complexity index is 566. The maximum atomic E-state index is 13.3. The van der Waals surface area contributed by atoms with E-state index in [2.05, 4.69) is 27.7 Å². The van der Waals surface area contributed by atoms with E-state index in [1.165, 1.54) is 38.5 Å². The predicted octanol–water partition coefficient (Wildman–Crippen LogP) is 7.68. The van der Waals surface area contributed by atoms with Gasteiger partial charge in [-0.3, -0.25) is 0 Å². The quantitative estimate of drug-likeness (QED) is 0.447. The normalized spacial score (nSPS) is 43.6. The molecule has 0 bridgehead atoms. The summed E-state index contributed by atoms with van der Waals surface area (Å²) in [4.78, 5) is 0. The average Bonchev–Trinajstić information content (AvgIpc) is 3.12. The van der Waals surface area contributed by atoms with Crippen LogP contribution in [0.4, 0.5) is 13.2 Å². The molecule has 4 rings (SSSR count). The van der Waals surface area contributed by atoms with Crippen molar-refractivity contribution in [1.82, 2.24) is 0 Å². The van der Waals surface area contributed by atoms with Crippen molar-refractivity contribution in [3.8, 4) is 0 Å². The standard InChI is InChI=1S/C24H39F3.C2H6.CH4O.H2O/c1-5-15(2)19-8-9-20-18-7-6-16-14-17(24(25,26)27)10-12-22(16,3)21(18)11-13-23(19,20)4;2*1-2;/h15-21H,5-14H2,1-4H3;1-2H3;2H,1H3;1H2. The Labute approximate surface area is 195 Å². The molecule has 3 N–H and O–H groups in total. The molecule has 0 aliphatic heterocycles. The monoisotopic (exact) mass is 464 g/mol. The number of rotatable bonds is 2. The minimum Gasteiger partial charge on any atom is -0.412 e. The summed E-state index contributed by atoms with van der Waals surface area (Å²) in [5.41, 5.74) is 0.656. The summed E-state index contributed by atoms with van der Waals surface area (Å²) in [6, 6.07) is 0. The van der Waals surface area contributed by atoms with E-state index in [0.29, 0.717) is 30.1 Å². The highest BCUT2D eigenvalue weighted by molar-refractivity contribution is 5.09. The smallest absolute Gasteiger partial charge is 0.391 e. The first-order valence-corrected chi connectivity index (χ1v) is 13.1. The van der Waals surface area contributed by atoms with E-state index in [1.54, 1.807) is 0 Å². The first kappa shape index (κ1) is 29.7. The Morgan fingerprint density at radius 3 is 2.00 bits per heavy atom. The van der Waals surface area contributed by atoms with Crippen LogP contribution in [0.2, 0.25) is 0 Å². The number of aliphatic hydroxyl groups is 1. The number of aliphatic hydroxyl groups excluding tert-OH is 1. The Morgan fingerprint density at radius 1 is 0.875 bits per heavy atom. The van der Waals surface area contributed by atoms with Crippen molar-refractivity contribution in [2.24, 2.45) is 52.3 Å². The van der Waals surface area contributed by atoms with E-state index in [1.807, 2.05) is 13.8 Å². The Balaban J connectivity index is 0.000000971. The van der Waals surface area contributed by atoms with Crippen molar-refractivity contribution < 1.29 is 23.8 Å². The van der Waals surface area contributed by atoms with Gasteiger partial charge in [-0.2, -0.15) is 13.2 Å². The summed E-state index contributed by atoms with van der Waals surface area (Å²) in [7, 11) is 1.00. The molecule has 9 atom stereocenters. The molecule has 192 valence electrons. The number of halogens is 3. The van der Waals surface area contributed by atoms with Gasteiger partial charge >= 0.3 is 6.18 Å². The van der Waals surface area contributed by atoms with E-state index in [4.69, 9.17) is 5.11 Å². The molecule has 5 heteroatoms. The summed E-state index contributed by atoms with van der Waals surface area (Å²) < 4.78 is 40.0. The lowest BCUT2D eigenvalue weighted by Crippen LogP contribution is -2.54. The fraction of sp³-hybridized carbons (Fsp3) is 1.00. The zero-order valence-electron chi connectivity index (χ0n) is 21.7. The van der Waals surface area contributed by atoms with Crippen LogP contribution in [0.25, 0.3) is 0 Å². The Kier molecular flexibility index (Phi) is 10.6. The summed E-state index contributed by atoms with van der Waals surface area (Å²) >= 11 is 0. The van der Waals surface area contributed by atoms with Gasteiger partial charge in [0, 0.05) is 7.11 Å². The number of hydrogen-bond acceptors (Lipinski definition) is 1. The fourth-order valence-electron chi connectivity index (χ4n) is 8.82. The summed E-state index contributed by atoms with van der Waals surface area (Å²) in [6.07, 6.45) is 6.46. The second-order valence-corrected chi connectivity index (χ2v) is 11.3. The van der Waals surface area contributed by atoms with Crippen molar-refractivity contribution in [2.75, 3.05) is 7.11 Å². The van der Waals surface area contributed by atoms with Gasteiger partial charge in [-0.25, -0.2) is 0 Å². The van der Waals surface area contributed by atoms with Gasteiger partial charge in [0.25, 0.3) is 0 Å². The van der Waals surface area contributed by atoms with Crippen molar-refractivity contribution in [1.29, 1.82) is 0 Å². The first-order chi connectivity index (χ1) is 14.6. The lowest BCUT2D eigenvalue weighted by atomic mass is 9.44. The van der Waals surface area contributed by atoms with E-state index < -0.39 is 12.1 Å². The Hall–Kier alpha value is -0.290. The highest BCUT2D eigenvalue weighted by atomic mass is 19.4. The molecular weight excluding hydrogens is 413 g/mol. The molecule has 0 aromatic heterocycles. The minimum atomic E-state index is -3.99. The third kappa shape index (κ3) is 5.04. The molecule has 4 aliphatic carbocycles. The van der Waals surface area contributed by atoms with Gasteiger partial charge in [0.2, 0.25) is 0 Å². The van der Waals surface area contributed by atoms with Gasteiger partial charge in [-0.1, -0.05) is 48.0 Å². The molecule has 0 saturated heterocycles. The van der Waals surface area contributed by atoms with Gasteiger partial charge in [-0.15, -0.1) is 0 Å². The zero-order valence-corrected chi connectivity index (χ0v) is 21.7. The Morgan fingerprint density at radius 2 is 1.44 bits per heavy atom. The van der Waals surface area contributed by atoms with Crippen LogP contribution in [0.5, 0.6) is 0 Å². The fourth-order valence-corrected chi connectivity index (χ4v) is 8.82. The van der Waals surface area contributed by atoms with Crippen molar-refractivity contribution in [3.63, 3.8) is 0 Å². The summed E-state index contributed by atoms with van der Waals surface area (Å²) in [6.45, 7) is 13.7. The maximum Gasteiger partial charge on any atom is 0.391 e. The van der Waals surface area contributed by atoms with Crippen LogP contribution >= 0.6 is 0 Å². The van der Waals surface area contributed by atoms with Crippen LogP contribution in [-0.4, -0.2) is 23.9 Å². The topological polar surface area (TPSA) is 51.7 Å². The molecule has 0 aromatic carbocycles. The first-order valence-electron chi connectivity index (χ1n) is 13.1. The highest BCUT2D eigenvalue weighted by Crippen LogP contribution is 2.69. The molecule has 4 aliphatic rings. The molecule has 0 amide bonds. The van der Waals surface area contributed by atoms with Crippen molar-refractivity contribution >= 4 is 0 Å². The van der Waals surface area contributed by atoms with Crippen LogP contribution in [0, 0.1) is 52.3 Å². The van der Waals surface area contributed by atoms with Gasteiger partial charge in [0.05, 0.1) is 5.92 Å². The number of hydrogen-bond donors (Lipinski definition) is 1. The third-order valence-corrected chi connectivity index (χ3v) is 10.5.